The molecule has 6 heteroatoms. The highest BCUT2D eigenvalue weighted by Gasteiger charge is 2.35. The van der Waals surface area contributed by atoms with Gasteiger partial charge in [-0.25, -0.2) is 0 Å². The quantitative estimate of drug-likeness (QED) is 0.414. The maximum absolute atomic E-state index is 11.4. The van der Waals surface area contributed by atoms with Gasteiger partial charge < -0.3 is 0 Å². The van der Waals surface area contributed by atoms with Gasteiger partial charge in [0.25, 0.3) is 0 Å². The van der Waals surface area contributed by atoms with Crippen LogP contribution in [0.1, 0.15) is 15.9 Å². The number of Topliss-reactive ketones (excluding diaryl/α,β-unsaturated/α-hetero) is 2. The van der Waals surface area contributed by atoms with Gasteiger partial charge in [0.05, 0.1) is 25.7 Å². The van der Waals surface area contributed by atoms with Crippen molar-refractivity contribution < 1.29 is 9.59 Å². The van der Waals surface area contributed by atoms with Gasteiger partial charge in [0.1, 0.15) is 0 Å². The molecule has 0 saturated carbocycles. The van der Waals surface area contributed by atoms with E-state index in [0.29, 0.717) is 5.56 Å². The Morgan fingerprint density at radius 2 is 1.33 bits per heavy atom. The fourth-order valence-corrected chi connectivity index (χ4v) is 2.50. The molecule has 0 saturated heterocycles. The summed E-state index contributed by atoms with van der Waals surface area (Å²) in [5.74, 6) is -1.21. The average Bonchev–Trinajstić information content (AvgIpc) is 2.50. The second kappa shape index (κ2) is 3.63. The molecule has 1 aromatic carbocycles. The van der Waals surface area contributed by atoms with Crippen molar-refractivity contribution in [1.82, 2.24) is 0 Å². The van der Waals surface area contributed by atoms with E-state index in [1.807, 2.05) is 0 Å². The van der Waals surface area contributed by atoms with Crippen molar-refractivity contribution in [3.05, 3.63) is 31.2 Å². The summed E-state index contributed by atoms with van der Waals surface area (Å²) in [6.45, 7) is 0. The van der Waals surface area contributed by atoms with Crippen molar-refractivity contribution in [2.75, 3.05) is 0 Å². The molecule has 0 spiro atoms. The molecule has 78 valence electrons. The molecule has 0 aromatic heterocycles. The molecule has 1 aliphatic rings. The second-order valence-electron chi connectivity index (χ2n) is 3.04. The molecule has 15 heavy (non-hydrogen) atoms. The number of carbonyl (C=O) groups is 2. The lowest BCUT2D eigenvalue weighted by Gasteiger charge is -2.07. The number of ketones is 2. The first kappa shape index (κ1) is 11.2. The van der Waals surface area contributed by atoms with Gasteiger partial charge in [0.15, 0.2) is 0 Å². The fourth-order valence-electron chi connectivity index (χ4n) is 1.46. The summed E-state index contributed by atoms with van der Waals surface area (Å²) in [6, 6.07) is 0. The molecule has 1 aromatic rings. The Bertz CT molecular complexity index is 508. The minimum atomic E-state index is -0.657. The molecule has 1 aliphatic carbocycles. The Hall–Kier alpha value is -0.280. The van der Waals surface area contributed by atoms with Crippen LogP contribution in [0.3, 0.4) is 0 Å². The van der Waals surface area contributed by atoms with Crippen LogP contribution in [0.25, 0.3) is 0 Å². The van der Waals surface area contributed by atoms with Crippen LogP contribution in [0.2, 0.25) is 20.1 Å². The van der Waals surface area contributed by atoms with Gasteiger partial charge in [-0.05, 0) is 5.56 Å². The lowest BCUT2D eigenvalue weighted by molar-refractivity contribution is -0.114. The Balaban J connectivity index is 2.86. The Kier molecular flexibility index (Phi) is 2.72. The number of rotatable bonds is 0. The normalized spacial score (nSPS) is 14.7. The molecule has 0 aliphatic heterocycles. The average molecular weight is 284 g/mol. The zero-order chi connectivity index (χ0) is 11.3. The molecule has 0 fully saturated rings. The van der Waals surface area contributed by atoms with Crippen molar-refractivity contribution in [3.63, 3.8) is 0 Å². The van der Waals surface area contributed by atoms with Crippen LogP contribution in [0.4, 0.5) is 0 Å². The predicted octanol–water partition coefficient (Wildman–Crippen LogP) is 3.61. The first-order chi connectivity index (χ1) is 6.95. The third-order valence-corrected chi connectivity index (χ3v) is 4.02. The van der Waals surface area contributed by atoms with Gasteiger partial charge in [-0.2, -0.15) is 0 Å². The SMILES string of the molecule is O=C1Cc2c(Cl)c(Cl)c(Cl)c(Cl)c2C1=O. The zero-order valence-corrected chi connectivity index (χ0v) is 10.1. The van der Waals surface area contributed by atoms with Crippen LogP contribution in [0.15, 0.2) is 0 Å². The smallest absolute Gasteiger partial charge is 0.230 e. The number of fused-ring (bicyclic) bond motifs is 1. The molecule has 0 heterocycles. The third kappa shape index (κ3) is 1.48. The van der Waals surface area contributed by atoms with E-state index in [4.69, 9.17) is 46.4 Å². The van der Waals surface area contributed by atoms with Crippen molar-refractivity contribution in [2.45, 2.75) is 6.42 Å². The third-order valence-electron chi connectivity index (χ3n) is 2.18. The standard InChI is InChI=1S/C9H2Cl4O2/c10-5-2-1-3(14)9(15)4(2)6(11)8(13)7(5)12/h1H2. The molecule has 0 N–H and O–H groups in total. The second-order valence-corrected chi connectivity index (χ2v) is 4.55. The van der Waals surface area contributed by atoms with E-state index < -0.39 is 11.6 Å². The van der Waals surface area contributed by atoms with Crippen molar-refractivity contribution in [2.24, 2.45) is 0 Å². The van der Waals surface area contributed by atoms with Gasteiger partial charge >= 0.3 is 0 Å². The van der Waals surface area contributed by atoms with E-state index in [-0.39, 0.29) is 32.1 Å². The van der Waals surface area contributed by atoms with Crippen LogP contribution in [-0.4, -0.2) is 11.6 Å². The van der Waals surface area contributed by atoms with Gasteiger partial charge in [-0.15, -0.1) is 0 Å². The Morgan fingerprint density at radius 1 is 0.800 bits per heavy atom. The lowest BCUT2D eigenvalue weighted by atomic mass is 10.1. The summed E-state index contributed by atoms with van der Waals surface area (Å²) >= 11 is 23.3. The molecule has 2 rings (SSSR count). The van der Waals surface area contributed by atoms with Gasteiger partial charge in [0, 0.05) is 6.42 Å². The monoisotopic (exact) mass is 282 g/mol. The lowest BCUT2D eigenvalue weighted by Crippen LogP contribution is -2.06. The van der Waals surface area contributed by atoms with Gasteiger partial charge in [-0.1, -0.05) is 46.4 Å². The van der Waals surface area contributed by atoms with Crippen molar-refractivity contribution >= 4 is 58.0 Å². The molecule has 2 nitrogen and oxygen atoms in total. The molecule has 0 radical (unpaired) electrons. The van der Waals surface area contributed by atoms with Gasteiger partial charge in [-0.3, -0.25) is 9.59 Å². The minimum Gasteiger partial charge on any atom is -0.290 e. The highest BCUT2D eigenvalue weighted by molar-refractivity contribution is 6.57. The molecule has 0 unspecified atom stereocenters. The fraction of sp³-hybridized carbons (Fsp3) is 0.111. The van der Waals surface area contributed by atoms with E-state index in [1.165, 1.54) is 0 Å². The summed E-state index contributed by atoms with van der Waals surface area (Å²) in [4.78, 5) is 22.6. The summed E-state index contributed by atoms with van der Waals surface area (Å²) in [5, 5.41) is 0.201. The Morgan fingerprint density at radius 3 is 1.93 bits per heavy atom. The highest BCUT2D eigenvalue weighted by atomic mass is 35.5. The molecule has 0 amide bonds. The van der Waals surface area contributed by atoms with Crippen molar-refractivity contribution in [3.8, 4) is 0 Å². The zero-order valence-electron chi connectivity index (χ0n) is 7.04. The molecule has 0 atom stereocenters. The van der Waals surface area contributed by atoms with Crippen molar-refractivity contribution in [1.29, 1.82) is 0 Å². The van der Waals surface area contributed by atoms with Gasteiger partial charge in [0.2, 0.25) is 11.6 Å². The first-order valence-corrected chi connectivity index (χ1v) is 5.38. The largest absolute Gasteiger partial charge is 0.290 e. The number of hydrogen-bond donors (Lipinski definition) is 0. The molecular formula is C9H2Cl4O2. The summed E-state index contributed by atoms with van der Waals surface area (Å²) < 4.78 is 0. The van der Waals surface area contributed by atoms with Crippen LogP contribution in [-0.2, 0) is 11.2 Å². The van der Waals surface area contributed by atoms with E-state index in [0.717, 1.165) is 0 Å². The maximum atomic E-state index is 11.4. The van der Waals surface area contributed by atoms with Crippen LogP contribution in [0, 0.1) is 0 Å². The number of hydrogen-bond acceptors (Lipinski definition) is 2. The maximum Gasteiger partial charge on any atom is 0.230 e. The molecular weight excluding hydrogens is 282 g/mol. The summed E-state index contributed by atoms with van der Waals surface area (Å²) in [7, 11) is 0. The summed E-state index contributed by atoms with van der Waals surface area (Å²) in [6.07, 6.45) is -0.0659. The summed E-state index contributed by atoms with van der Waals surface area (Å²) in [5.41, 5.74) is 0.451. The Labute approximate surface area is 105 Å². The van der Waals surface area contributed by atoms with E-state index >= 15 is 0 Å². The number of benzene rings is 1. The first-order valence-electron chi connectivity index (χ1n) is 3.87. The number of carbonyl (C=O) groups excluding carboxylic acids is 2. The predicted molar refractivity (Wildman–Crippen MR) is 59.5 cm³/mol. The van der Waals surface area contributed by atoms with Crippen LogP contribution >= 0.6 is 46.4 Å². The van der Waals surface area contributed by atoms with E-state index in [9.17, 15) is 9.59 Å². The van der Waals surface area contributed by atoms with E-state index in [1.54, 1.807) is 0 Å². The van der Waals surface area contributed by atoms with E-state index in [2.05, 4.69) is 0 Å². The molecule has 0 bridgehead atoms. The minimum absolute atomic E-state index is 0.00285. The van der Waals surface area contributed by atoms with Crippen LogP contribution < -0.4 is 0 Å². The topological polar surface area (TPSA) is 34.1 Å². The highest BCUT2D eigenvalue weighted by Crippen LogP contribution is 2.43. The number of halogens is 4. The van der Waals surface area contributed by atoms with Crippen LogP contribution in [0.5, 0.6) is 0 Å².